The number of carbonyl (C=O) groups is 2. The lowest BCUT2D eigenvalue weighted by atomic mass is 9.77. The average molecular weight is 452 g/mol. The van der Waals surface area contributed by atoms with Crippen LogP contribution in [0.4, 0.5) is 9.80 Å². The molecule has 2 heterocycles. The van der Waals surface area contributed by atoms with Gasteiger partial charge in [-0.15, -0.1) is 11.3 Å². The van der Waals surface area contributed by atoms with Crippen LogP contribution in [0.3, 0.4) is 0 Å². The zero-order valence-electron chi connectivity index (χ0n) is 17.4. The van der Waals surface area contributed by atoms with Gasteiger partial charge in [-0.2, -0.15) is 8.42 Å². The molecule has 0 bridgehead atoms. The Balaban J connectivity index is 1.87. The first-order valence-corrected chi connectivity index (χ1v) is 11.9. The van der Waals surface area contributed by atoms with Gasteiger partial charge in [0, 0.05) is 11.1 Å². The summed E-state index contributed by atoms with van der Waals surface area (Å²) in [5.41, 5.74) is 1.97. The van der Waals surface area contributed by atoms with Gasteiger partial charge < -0.3 is 4.74 Å². The summed E-state index contributed by atoms with van der Waals surface area (Å²) >= 11 is 1.29. The summed E-state index contributed by atoms with van der Waals surface area (Å²) in [7, 11) is -4.15. The molecule has 162 valence electrons. The second-order valence-electron chi connectivity index (χ2n) is 8.00. The molecular formula is C20H25N3O5S2. The third-order valence-corrected chi connectivity index (χ3v) is 7.26. The van der Waals surface area contributed by atoms with Crippen LogP contribution in [0.15, 0.2) is 23.4 Å². The fraction of sp³-hybridized carbons (Fsp3) is 0.450. The highest BCUT2D eigenvalue weighted by Crippen LogP contribution is 2.44. The average Bonchev–Trinajstić information content (AvgIpc) is 2.96. The molecule has 2 aromatic heterocycles. The lowest BCUT2D eigenvalue weighted by Gasteiger charge is -2.29. The minimum atomic E-state index is -4.15. The number of ether oxygens (including phenoxy) is 1. The molecule has 0 saturated heterocycles. The van der Waals surface area contributed by atoms with E-state index in [2.05, 4.69) is 24.1 Å². The van der Waals surface area contributed by atoms with Crippen molar-refractivity contribution < 1.29 is 22.7 Å². The molecule has 1 aliphatic carbocycles. The minimum Gasteiger partial charge on any atom is -0.462 e. The molecule has 0 spiro atoms. The quantitative estimate of drug-likeness (QED) is 0.671. The number of nitrogens with one attached hydrogen (secondary N) is 2. The van der Waals surface area contributed by atoms with Gasteiger partial charge in [0.2, 0.25) is 0 Å². The van der Waals surface area contributed by atoms with Crippen molar-refractivity contribution in [2.24, 2.45) is 5.41 Å². The number of carbonyl (C=O) groups excluding carboxylic acids is 2. The maximum absolute atomic E-state index is 12.6. The second-order valence-corrected chi connectivity index (χ2v) is 10.7. The first-order chi connectivity index (χ1) is 14.0. The molecule has 0 atom stereocenters. The lowest BCUT2D eigenvalue weighted by molar-refractivity contribution is 0.0526. The maximum Gasteiger partial charge on any atom is 0.341 e. The number of aromatic nitrogens is 1. The summed E-state index contributed by atoms with van der Waals surface area (Å²) < 4.78 is 32.1. The van der Waals surface area contributed by atoms with E-state index >= 15 is 0 Å². The third kappa shape index (κ3) is 4.81. The normalized spacial score (nSPS) is 15.2. The Labute approximate surface area is 180 Å². The van der Waals surface area contributed by atoms with E-state index in [9.17, 15) is 18.0 Å². The van der Waals surface area contributed by atoms with Gasteiger partial charge >= 0.3 is 12.0 Å². The molecule has 0 unspecified atom stereocenters. The van der Waals surface area contributed by atoms with Gasteiger partial charge in [-0.1, -0.05) is 13.8 Å². The van der Waals surface area contributed by atoms with E-state index in [4.69, 9.17) is 4.74 Å². The van der Waals surface area contributed by atoms with Gasteiger partial charge in [0.15, 0.2) is 5.03 Å². The van der Waals surface area contributed by atoms with Crippen molar-refractivity contribution in [3.05, 3.63) is 39.9 Å². The van der Waals surface area contributed by atoms with Crippen LogP contribution in [0, 0.1) is 12.3 Å². The summed E-state index contributed by atoms with van der Waals surface area (Å²) in [6, 6.07) is 2.07. The Bertz CT molecular complexity index is 1090. The van der Waals surface area contributed by atoms with Gasteiger partial charge in [0.25, 0.3) is 10.0 Å². The summed E-state index contributed by atoms with van der Waals surface area (Å²) in [5, 5.41) is 2.57. The largest absolute Gasteiger partial charge is 0.462 e. The van der Waals surface area contributed by atoms with Crippen LogP contribution in [0.2, 0.25) is 0 Å². The van der Waals surface area contributed by atoms with Crippen LogP contribution in [0.5, 0.6) is 0 Å². The summed E-state index contributed by atoms with van der Waals surface area (Å²) in [4.78, 5) is 29.9. The van der Waals surface area contributed by atoms with Crippen molar-refractivity contribution in [1.29, 1.82) is 0 Å². The molecule has 2 amide bonds. The number of fused-ring (bicyclic) bond motifs is 1. The predicted octanol–water partition coefficient (Wildman–Crippen LogP) is 3.65. The standard InChI is InChI=1S/C20H25N3O5S2/c1-5-28-18(24)16-13-6-8-20(3,4)11-14(13)29-17(16)22-19(25)23-30(26,27)15-10-12(2)7-9-21-15/h7,9-10H,5-6,8,11H2,1-4H3,(H2,22,23,25). The number of aryl methyl sites for hydroxylation is 1. The van der Waals surface area contributed by atoms with Crippen LogP contribution in [0.1, 0.15) is 53.6 Å². The zero-order chi connectivity index (χ0) is 22.1. The van der Waals surface area contributed by atoms with Crippen molar-refractivity contribution in [3.63, 3.8) is 0 Å². The van der Waals surface area contributed by atoms with Gasteiger partial charge in [-0.3, -0.25) is 5.32 Å². The maximum atomic E-state index is 12.6. The van der Waals surface area contributed by atoms with E-state index in [1.54, 1.807) is 19.9 Å². The van der Waals surface area contributed by atoms with E-state index in [1.807, 2.05) is 4.72 Å². The SMILES string of the molecule is CCOC(=O)c1c(NC(=O)NS(=O)(=O)c2cc(C)ccn2)sc2c1CCC(C)(C)C2. The molecule has 10 heteroatoms. The number of esters is 1. The van der Waals surface area contributed by atoms with E-state index in [-0.39, 0.29) is 17.0 Å². The number of anilines is 1. The molecule has 0 radical (unpaired) electrons. The first kappa shape index (κ1) is 22.2. The molecule has 2 N–H and O–H groups in total. The molecule has 0 fully saturated rings. The number of thiophene rings is 1. The molecule has 0 aliphatic heterocycles. The monoisotopic (exact) mass is 451 g/mol. The molecule has 2 aromatic rings. The fourth-order valence-corrected chi connectivity index (χ4v) is 5.80. The number of amides is 2. The van der Waals surface area contributed by atoms with Crippen LogP contribution >= 0.6 is 11.3 Å². The Kier molecular flexibility index (Phi) is 6.19. The van der Waals surface area contributed by atoms with Crippen LogP contribution in [-0.4, -0.2) is 32.0 Å². The number of pyridine rings is 1. The van der Waals surface area contributed by atoms with Crippen molar-refractivity contribution in [1.82, 2.24) is 9.71 Å². The molecule has 8 nitrogen and oxygen atoms in total. The Morgan fingerprint density at radius 2 is 2.07 bits per heavy atom. The molecule has 30 heavy (non-hydrogen) atoms. The van der Waals surface area contributed by atoms with Gasteiger partial charge in [-0.25, -0.2) is 19.3 Å². The van der Waals surface area contributed by atoms with Crippen molar-refractivity contribution in [2.75, 3.05) is 11.9 Å². The van der Waals surface area contributed by atoms with Crippen LogP contribution in [0.25, 0.3) is 0 Å². The number of urea groups is 1. The Morgan fingerprint density at radius 1 is 1.33 bits per heavy atom. The molecular weight excluding hydrogens is 426 g/mol. The summed E-state index contributed by atoms with van der Waals surface area (Å²) in [5.74, 6) is -0.520. The van der Waals surface area contributed by atoms with Crippen LogP contribution < -0.4 is 10.0 Å². The highest BCUT2D eigenvalue weighted by molar-refractivity contribution is 7.90. The Hall–Kier alpha value is -2.46. The number of nitrogens with zero attached hydrogens (tertiary/aromatic N) is 1. The van der Waals surface area contributed by atoms with Crippen molar-refractivity contribution in [3.8, 4) is 0 Å². The zero-order valence-corrected chi connectivity index (χ0v) is 19.0. The van der Waals surface area contributed by atoms with E-state index in [0.717, 1.165) is 23.3 Å². The topological polar surface area (TPSA) is 114 Å². The first-order valence-electron chi connectivity index (χ1n) is 9.60. The molecule has 1 aliphatic rings. The highest BCUT2D eigenvalue weighted by Gasteiger charge is 2.33. The van der Waals surface area contributed by atoms with E-state index in [1.165, 1.54) is 23.6 Å². The second kappa shape index (κ2) is 8.35. The number of hydrogen-bond acceptors (Lipinski definition) is 7. The van der Waals surface area contributed by atoms with Gasteiger partial charge in [0.05, 0.1) is 12.2 Å². The Morgan fingerprint density at radius 3 is 2.73 bits per heavy atom. The lowest BCUT2D eigenvalue weighted by Crippen LogP contribution is -2.35. The number of sulfonamides is 1. The molecule has 3 rings (SSSR count). The van der Waals surface area contributed by atoms with E-state index < -0.39 is 22.0 Å². The smallest absolute Gasteiger partial charge is 0.341 e. The summed E-state index contributed by atoms with van der Waals surface area (Å²) in [6.45, 7) is 7.95. The third-order valence-electron chi connectivity index (χ3n) is 4.88. The fourth-order valence-electron chi connectivity index (χ4n) is 3.37. The van der Waals surface area contributed by atoms with Gasteiger partial charge in [0.1, 0.15) is 5.00 Å². The summed E-state index contributed by atoms with van der Waals surface area (Å²) in [6.07, 6.45) is 3.73. The highest BCUT2D eigenvalue weighted by atomic mass is 32.2. The van der Waals surface area contributed by atoms with Crippen molar-refractivity contribution >= 4 is 38.4 Å². The predicted molar refractivity (Wildman–Crippen MR) is 114 cm³/mol. The molecule has 0 saturated carbocycles. The number of hydrogen-bond donors (Lipinski definition) is 2. The number of rotatable bonds is 5. The minimum absolute atomic E-state index is 0.0868. The van der Waals surface area contributed by atoms with Gasteiger partial charge in [-0.05, 0) is 61.8 Å². The van der Waals surface area contributed by atoms with Crippen molar-refractivity contribution in [2.45, 2.75) is 52.0 Å². The molecule has 0 aromatic carbocycles. The van der Waals surface area contributed by atoms with Crippen LogP contribution in [-0.2, 0) is 27.6 Å². The van der Waals surface area contributed by atoms with E-state index in [0.29, 0.717) is 22.5 Å².